The summed E-state index contributed by atoms with van der Waals surface area (Å²) in [5, 5.41) is 4.66. The smallest absolute Gasteiger partial charge is 0.302 e. The van der Waals surface area contributed by atoms with Gasteiger partial charge in [0.1, 0.15) is 18.1 Å². The van der Waals surface area contributed by atoms with Crippen LogP contribution in [0, 0.1) is 0 Å². The van der Waals surface area contributed by atoms with Crippen LogP contribution in [0.25, 0.3) is 0 Å². The number of nitrogens with zero attached hydrogens (tertiary/aromatic N) is 1. The number of nitrogens with one attached hydrogen (secondary N) is 1. The van der Waals surface area contributed by atoms with Crippen molar-refractivity contribution in [2.75, 3.05) is 46.5 Å². The van der Waals surface area contributed by atoms with Gasteiger partial charge in [-0.15, -0.1) is 0 Å². The lowest BCUT2D eigenvalue weighted by molar-refractivity contribution is -0.140. The van der Waals surface area contributed by atoms with Crippen molar-refractivity contribution in [3.8, 4) is 0 Å². The van der Waals surface area contributed by atoms with E-state index in [2.05, 4.69) is 10.2 Å². The van der Waals surface area contributed by atoms with E-state index in [4.69, 9.17) is 19.9 Å². The topological polar surface area (TPSA) is 120 Å². The highest BCUT2D eigenvalue weighted by atomic mass is 32.2. The van der Waals surface area contributed by atoms with Crippen LogP contribution in [0.5, 0.6) is 0 Å². The summed E-state index contributed by atoms with van der Waals surface area (Å²) in [6, 6.07) is 0. The van der Waals surface area contributed by atoms with Crippen molar-refractivity contribution < 1.29 is 28.0 Å². The minimum Gasteiger partial charge on any atom is -0.461 e. The third-order valence-corrected chi connectivity index (χ3v) is 5.67. The quantitative estimate of drug-likeness (QED) is 0.559. The van der Waals surface area contributed by atoms with Gasteiger partial charge in [0.25, 0.3) is 0 Å². The van der Waals surface area contributed by atoms with Crippen LogP contribution >= 0.6 is 0 Å². The number of nitrogens with two attached hydrogens (primary N) is 1. The van der Waals surface area contributed by atoms with Gasteiger partial charge in [0, 0.05) is 45.6 Å². The van der Waals surface area contributed by atoms with Crippen molar-refractivity contribution in [2.24, 2.45) is 5.73 Å². The molecule has 142 valence electrons. The standard InChI is InChI=1S/C10H15NO4S.C5H10N2O2/c1-7(12)15-5-8-3-11-4-9(14-2)10(11)16(13)6-8;6-5(8)4-3-7-1-2-9-4/h6,9-10H,3-5H2,1-2H3;4,7H,1-3H2,(H2,6,8)/t9-,10?,16?;/m0./s1. The van der Waals surface area contributed by atoms with E-state index in [1.807, 2.05) is 0 Å². The van der Waals surface area contributed by atoms with Crippen molar-refractivity contribution in [1.82, 2.24) is 10.2 Å². The van der Waals surface area contributed by atoms with Gasteiger partial charge in [-0.1, -0.05) is 0 Å². The molecule has 3 aliphatic heterocycles. The fourth-order valence-electron chi connectivity index (χ4n) is 2.72. The first-order valence-corrected chi connectivity index (χ1v) is 9.30. The van der Waals surface area contributed by atoms with Gasteiger partial charge in [-0.25, -0.2) is 0 Å². The van der Waals surface area contributed by atoms with E-state index >= 15 is 0 Å². The van der Waals surface area contributed by atoms with E-state index < -0.39 is 16.9 Å². The number of fused-ring (bicyclic) bond motifs is 1. The SMILES string of the molecule is CO[C@H]1CN2CC(COC(C)=O)=CS(=O)C12.NC(=O)C1CNCCO1. The van der Waals surface area contributed by atoms with Crippen LogP contribution < -0.4 is 11.1 Å². The van der Waals surface area contributed by atoms with Crippen LogP contribution in [0.3, 0.4) is 0 Å². The van der Waals surface area contributed by atoms with Gasteiger partial charge in [0.05, 0.1) is 23.5 Å². The number of methoxy groups -OCH3 is 1. The normalized spacial score (nSPS) is 31.5. The van der Waals surface area contributed by atoms with Gasteiger partial charge in [-0.2, -0.15) is 0 Å². The highest BCUT2D eigenvalue weighted by Crippen LogP contribution is 2.29. The van der Waals surface area contributed by atoms with Gasteiger partial charge < -0.3 is 25.3 Å². The average Bonchev–Trinajstić information content (AvgIpc) is 2.56. The van der Waals surface area contributed by atoms with Crippen LogP contribution in [0.15, 0.2) is 11.0 Å². The molecule has 0 spiro atoms. The third-order valence-electron chi connectivity index (χ3n) is 4.03. The molecule has 3 aliphatic rings. The minimum absolute atomic E-state index is 0.0221. The minimum atomic E-state index is -1.06. The van der Waals surface area contributed by atoms with Crippen molar-refractivity contribution in [2.45, 2.75) is 24.5 Å². The molecule has 0 bridgehead atoms. The number of hydrogen-bond donors (Lipinski definition) is 2. The van der Waals surface area contributed by atoms with Crippen molar-refractivity contribution >= 4 is 22.7 Å². The van der Waals surface area contributed by atoms with E-state index in [0.717, 1.165) is 18.7 Å². The first kappa shape index (κ1) is 20.0. The Balaban J connectivity index is 0.000000212. The summed E-state index contributed by atoms with van der Waals surface area (Å²) in [5.74, 6) is -0.700. The molecule has 0 saturated carbocycles. The van der Waals surface area contributed by atoms with E-state index in [0.29, 0.717) is 19.7 Å². The molecule has 9 nitrogen and oxygen atoms in total. The molecule has 4 atom stereocenters. The Labute approximate surface area is 149 Å². The predicted octanol–water partition coefficient (Wildman–Crippen LogP) is -1.69. The number of rotatable bonds is 4. The molecule has 2 saturated heterocycles. The summed E-state index contributed by atoms with van der Waals surface area (Å²) < 4.78 is 27.0. The van der Waals surface area contributed by atoms with Gasteiger partial charge >= 0.3 is 5.97 Å². The van der Waals surface area contributed by atoms with Gasteiger partial charge in [-0.05, 0) is 5.57 Å². The predicted molar refractivity (Wildman–Crippen MR) is 90.8 cm³/mol. The molecular weight excluding hydrogens is 350 g/mol. The number of carbonyl (C=O) groups excluding carboxylic acids is 2. The largest absolute Gasteiger partial charge is 0.461 e. The number of ether oxygens (including phenoxy) is 3. The highest BCUT2D eigenvalue weighted by molar-refractivity contribution is 7.88. The molecule has 0 aromatic rings. The molecule has 3 N–H and O–H groups in total. The van der Waals surface area contributed by atoms with Crippen LogP contribution in [-0.2, 0) is 34.6 Å². The summed E-state index contributed by atoms with van der Waals surface area (Å²) in [6.45, 7) is 5.05. The maximum atomic E-state index is 11.9. The van der Waals surface area contributed by atoms with Crippen molar-refractivity contribution in [3.05, 3.63) is 11.0 Å². The highest BCUT2D eigenvalue weighted by Gasteiger charge is 2.45. The molecule has 10 heteroatoms. The second-order valence-corrected chi connectivity index (χ2v) is 7.32. The number of primary amides is 1. The molecule has 0 radical (unpaired) electrons. The van der Waals surface area contributed by atoms with E-state index in [1.54, 1.807) is 12.5 Å². The van der Waals surface area contributed by atoms with Crippen molar-refractivity contribution in [3.63, 3.8) is 0 Å². The van der Waals surface area contributed by atoms with E-state index in [-0.39, 0.29) is 30.0 Å². The Bertz CT molecular complexity index is 549. The van der Waals surface area contributed by atoms with Crippen LogP contribution in [0.4, 0.5) is 0 Å². The molecule has 0 aromatic heterocycles. The zero-order valence-electron chi connectivity index (χ0n) is 14.4. The monoisotopic (exact) mass is 375 g/mol. The summed E-state index contributed by atoms with van der Waals surface area (Å²) in [7, 11) is 0.581. The van der Waals surface area contributed by atoms with Crippen LogP contribution in [0.1, 0.15) is 6.92 Å². The van der Waals surface area contributed by atoms with Crippen LogP contribution in [-0.4, -0.2) is 85.1 Å². The second kappa shape index (κ2) is 9.39. The van der Waals surface area contributed by atoms with Gasteiger partial charge in [-0.3, -0.25) is 18.7 Å². The molecule has 2 fully saturated rings. The Morgan fingerprint density at radius 3 is 2.76 bits per heavy atom. The van der Waals surface area contributed by atoms with E-state index in [1.165, 1.54) is 6.92 Å². The summed E-state index contributed by atoms with van der Waals surface area (Å²) in [5.41, 5.74) is 5.87. The molecule has 25 heavy (non-hydrogen) atoms. The maximum Gasteiger partial charge on any atom is 0.302 e. The number of amides is 1. The lowest BCUT2D eigenvalue weighted by Gasteiger charge is -2.48. The summed E-state index contributed by atoms with van der Waals surface area (Å²) >= 11 is 0. The zero-order chi connectivity index (χ0) is 18.4. The zero-order valence-corrected chi connectivity index (χ0v) is 15.3. The number of esters is 1. The number of morpholine rings is 1. The molecule has 0 aromatic carbocycles. The first-order valence-electron chi connectivity index (χ1n) is 8.03. The molecule has 3 unspecified atom stereocenters. The lowest BCUT2D eigenvalue weighted by atomic mass is 10.1. The fraction of sp³-hybridized carbons (Fsp3) is 0.733. The second-order valence-electron chi connectivity index (χ2n) is 5.94. The Hall–Kier alpha value is -1.33. The first-order chi connectivity index (χ1) is 11.9. The van der Waals surface area contributed by atoms with E-state index in [9.17, 15) is 13.8 Å². The van der Waals surface area contributed by atoms with Gasteiger partial charge in [0.2, 0.25) is 5.91 Å². The fourth-order valence-corrected chi connectivity index (χ4v) is 4.28. The summed E-state index contributed by atoms with van der Waals surface area (Å²) in [4.78, 5) is 23.2. The molecule has 0 aliphatic carbocycles. The number of carbonyl (C=O) groups is 2. The average molecular weight is 375 g/mol. The Morgan fingerprint density at radius 2 is 2.28 bits per heavy atom. The Kier molecular flexibility index (Phi) is 7.51. The third kappa shape index (κ3) is 5.58. The van der Waals surface area contributed by atoms with Crippen molar-refractivity contribution in [1.29, 1.82) is 0 Å². The molecule has 1 amide bonds. The Morgan fingerprint density at radius 1 is 1.52 bits per heavy atom. The lowest BCUT2D eigenvalue weighted by Crippen LogP contribution is -2.64. The van der Waals surface area contributed by atoms with Crippen LogP contribution in [0.2, 0.25) is 0 Å². The number of hydrogen-bond acceptors (Lipinski definition) is 8. The molecular formula is C15H25N3O6S. The van der Waals surface area contributed by atoms with Gasteiger partial charge in [0.15, 0.2) is 0 Å². The maximum absolute atomic E-state index is 11.9. The summed E-state index contributed by atoms with van der Waals surface area (Å²) in [6.07, 6.45) is -0.355. The molecule has 3 heterocycles. The molecule has 3 rings (SSSR count).